The molecule has 0 aliphatic carbocycles. The maximum atomic E-state index is 12.8. The molecule has 4 nitrogen and oxygen atoms in total. The van der Waals surface area contributed by atoms with Gasteiger partial charge in [-0.3, -0.25) is 0 Å². The third kappa shape index (κ3) is 3.60. The molecule has 0 amide bonds. The molecule has 0 N–H and O–H groups in total. The lowest BCUT2D eigenvalue weighted by Gasteiger charge is -2.37. The Balaban J connectivity index is 1.65. The highest BCUT2D eigenvalue weighted by atomic mass is 19.4. The summed E-state index contributed by atoms with van der Waals surface area (Å²) in [6, 6.07) is 10.2. The van der Waals surface area contributed by atoms with Crippen molar-refractivity contribution in [3.63, 3.8) is 0 Å². The van der Waals surface area contributed by atoms with Crippen molar-refractivity contribution in [1.29, 1.82) is 0 Å². The minimum Gasteiger partial charge on any atom is -0.357 e. The van der Waals surface area contributed by atoms with E-state index in [-0.39, 0.29) is 0 Å². The molecular weight excluding hydrogens is 317 g/mol. The predicted molar refractivity (Wildman–Crippen MR) is 87.1 cm³/mol. The Hall–Kier alpha value is -2.31. The largest absolute Gasteiger partial charge is 0.433 e. The van der Waals surface area contributed by atoms with Gasteiger partial charge in [-0.25, -0.2) is 9.97 Å². The van der Waals surface area contributed by atoms with E-state index in [2.05, 4.69) is 14.9 Å². The Kier molecular flexibility index (Phi) is 4.59. The third-order valence-electron chi connectivity index (χ3n) is 4.37. The highest BCUT2D eigenvalue weighted by Crippen LogP contribution is 2.30. The van der Waals surface area contributed by atoms with Crippen LogP contribution in [0.2, 0.25) is 0 Å². The topological polar surface area (TPSA) is 32.3 Å². The molecule has 0 saturated carbocycles. The van der Waals surface area contributed by atoms with Crippen LogP contribution < -0.4 is 9.80 Å². The monoisotopic (exact) mass is 336 g/mol. The van der Waals surface area contributed by atoms with E-state index in [0.29, 0.717) is 24.9 Å². The Bertz CT molecular complexity index is 667. The molecule has 3 rings (SSSR count). The first-order chi connectivity index (χ1) is 11.4. The minimum atomic E-state index is -4.41. The molecule has 1 aliphatic heterocycles. The molecule has 2 aromatic rings. The van der Waals surface area contributed by atoms with Crippen LogP contribution in [-0.4, -0.2) is 36.1 Å². The zero-order chi connectivity index (χ0) is 17.2. The fourth-order valence-electron chi connectivity index (χ4n) is 2.99. The van der Waals surface area contributed by atoms with Crippen molar-refractivity contribution in [3.8, 4) is 0 Å². The Morgan fingerprint density at radius 1 is 1.08 bits per heavy atom. The number of nitrogens with zero attached hydrogens (tertiary/aromatic N) is 4. The zero-order valence-electron chi connectivity index (χ0n) is 13.4. The lowest BCUT2D eigenvalue weighted by atomic mass is 10.0. The van der Waals surface area contributed by atoms with Crippen LogP contribution in [0.25, 0.3) is 0 Å². The molecule has 0 unspecified atom stereocenters. The fraction of sp³-hybridized carbons (Fsp3) is 0.412. The van der Waals surface area contributed by atoms with Gasteiger partial charge in [0.15, 0.2) is 0 Å². The summed E-state index contributed by atoms with van der Waals surface area (Å²) in [5.74, 6) is 1.30. The number of piperidine rings is 1. The van der Waals surface area contributed by atoms with Crippen molar-refractivity contribution in [1.82, 2.24) is 9.97 Å². The van der Waals surface area contributed by atoms with Crippen LogP contribution in [0, 0.1) is 0 Å². The smallest absolute Gasteiger partial charge is 0.357 e. The van der Waals surface area contributed by atoms with Crippen molar-refractivity contribution >= 4 is 11.6 Å². The maximum Gasteiger partial charge on any atom is 0.433 e. The highest BCUT2D eigenvalue weighted by Gasteiger charge is 2.33. The number of aromatic nitrogens is 2. The van der Waals surface area contributed by atoms with E-state index in [0.717, 1.165) is 24.7 Å². The highest BCUT2D eigenvalue weighted by molar-refractivity contribution is 5.42. The average Bonchev–Trinajstić information content (AvgIpc) is 2.61. The number of rotatable bonds is 3. The van der Waals surface area contributed by atoms with Crippen molar-refractivity contribution < 1.29 is 13.2 Å². The SMILES string of the molecule is CN(c1ccccn1)C1CCN(c2cccc(C(F)(F)F)n2)CC1. The van der Waals surface area contributed by atoms with Gasteiger partial charge < -0.3 is 9.80 Å². The van der Waals surface area contributed by atoms with Crippen molar-refractivity contribution in [2.45, 2.75) is 25.1 Å². The second-order valence-corrected chi connectivity index (χ2v) is 5.90. The molecule has 2 aromatic heterocycles. The molecule has 1 fully saturated rings. The first-order valence-corrected chi connectivity index (χ1v) is 7.88. The van der Waals surface area contributed by atoms with Gasteiger partial charge in [0.1, 0.15) is 17.3 Å². The molecule has 24 heavy (non-hydrogen) atoms. The molecule has 7 heteroatoms. The van der Waals surface area contributed by atoms with Crippen LogP contribution in [0.15, 0.2) is 42.6 Å². The number of hydrogen-bond acceptors (Lipinski definition) is 4. The second-order valence-electron chi connectivity index (χ2n) is 5.90. The molecule has 0 bridgehead atoms. The Morgan fingerprint density at radius 2 is 1.83 bits per heavy atom. The van der Waals surface area contributed by atoms with Gasteiger partial charge in [-0.1, -0.05) is 12.1 Å². The van der Waals surface area contributed by atoms with E-state index in [1.807, 2.05) is 30.1 Å². The van der Waals surface area contributed by atoms with E-state index in [9.17, 15) is 13.2 Å². The summed E-state index contributed by atoms with van der Waals surface area (Å²) >= 11 is 0. The molecule has 0 spiro atoms. The van der Waals surface area contributed by atoms with Crippen molar-refractivity contribution in [2.75, 3.05) is 29.9 Å². The molecule has 1 aliphatic rings. The lowest BCUT2D eigenvalue weighted by Crippen LogP contribution is -2.44. The third-order valence-corrected chi connectivity index (χ3v) is 4.37. The summed E-state index contributed by atoms with van der Waals surface area (Å²) in [6.45, 7) is 1.35. The number of anilines is 2. The number of hydrogen-bond donors (Lipinski definition) is 0. The standard InChI is InChI=1S/C17H19F3N4/c1-23(15-6-2-3-10-21-15)13-8-11-24(12-9-13)16-7-4-5-14(22-16)17(18,19)20/h2-7,10,13H,8-9,11-12H2,1H3. The lowest BCUT2D eigenvalue weighted by molar-refractivity contribution is -0.141. The summed E-state index contributed by atoms with van der Waals surface area (Å²) in [5.41, 5.74) is -0.840. The van der Waals surface area contributed by atoms with E-state index < -0.39 is 11.9 Å². The van der Waals surface area contributed by atoms with E-state index in [4.69, 9.17) is 0 Å². The van der Waals surface area contributed by atoms with Gasteiger partial charge in [0.05, 0.1) is 0 Å². The van der Waals surface area contributed by atoms with E-state index >= 15 is 0 Å². The predicted octanol–water partition coefficient (Wildman–Crippen LogP) is 3.60. The van der Waals surface area contributed by atoms with Crippen LogP contribution in [0.3, 0.4) is 0 Å². The average molecular weight is 336 g/mol. The summed E-state index contributed by atoms with van der Waals surface area (Å²) in [4.78, 5) is 12.2. The van der Waals surface area contributed by atoms with Gasteiger partial charge in [0, 0.05) is 32.4 Å². The van der Waals surface area contributed by atoms with Crippen molar-refractivity contribution in [3.05, 3.63) is 48.3 Å². The van der Waals surface area contributed by atoms with Gasteiger partial charge in [-0.2, -0.15) is 13.2 Å². The Labute approximate surface area is 138 Å². The fourth-order valence-corrected chi connectivity index (χ4v) is 2.99. The molecule has 0 atom stereocenters. The number of alkyl halides is 3. The van der Waals surface area contributed by atoms with Gasteiger partial charge in [-0.05, 0) is 37.1 Å². The van der Waals surface area contributed by atoms with Gasteiger partial charge in [0.2, 0.25) is 0 Å². The summed E-state index contributed by atoms with van der Waals surface area (Å²) in [7, 11) is 2.01. The van der Waals surface area contributed by atoms with Crippen LogP contribution in [-0.2, 0) is 6.18 Å². The second kappa shape index (κ2) is 6.67. The molecular formula is C17H19F3N4. The summed E-state index contributed by atoms with van der Waals surface area (Å²) in [6.07, 6.45) is -0.947. The first-order valence-electron chi connectivity index (χ1n) is 7.88. The van der Waals surface area contributed by atoms with Gasteiger partial charge >= 0.3 is 6.18 Å². The number of pyridine rings is 2. The van der Waals surface area contributed by atoms with Crippen LogP contribution in [0.5, 0.6) is 0 Å². The molecule has 1 saturated heterocycles. The number of halogens is 3. The van der Waals surface area contributed by atoms with Crippen LogP contribution in [0.4, 0.5) is 24.8 Å². The van der Waals surface area contributed by atoms with E-state index in [1.165, 1.54) is 6.07 Å². The van der Waals surface area contributed by atoms with Crippen molar-refractivity contribution in [2.24, 2.45) is 0 Å². The Morgan fingerprint density at radius 3 is 2.46 bits per heavy atom. The summed E-state index contributed by atoms with van der Waals surface area (Å²) < 4.78 is 38.4. The quantitative estimate of drug-likeness (QED) is 0.857. The van der Waals surface area contributed by atoms with E-state index in [1.54, 1.807) is 12.3 Å². The van der Waals surface area contributed by atoms with Crippen LogP contribution in [0.1, 0.15) is 18.5 Å². The zero-order valence-corrected chi connectivity index (χ0v) is 13.4. The van der Waals surface area contributed by atoms with Crippen LogP contribution >= 0.6 is 0 Å². The summed E-state index contributed by atoms with van der Waals surface area (Å²) in [5, 5.41) is 0. The minimum absolute atomic E-state index is 0.321. The first kappa shape index (κ1) is 16.5. The normalized spacial score (nSPS) is 16.2. The molecule has 3 heterocycles. The molecule has 0 aromatic carbocycles. The van der Waals surface area contributed by atoms with Gasteiger partial charge in [0.25, 0.3) is 0 Å². The van der Waals surface area contributed by atoms with Gasteiger partial charge in [-0.15, -0.1) is 0 Å². The molecule has 0 radical (unpaired) electrons. The maximum absolute atomic E-state index is 12.8. The molecule has 128 valence electrons.